The van der Waals surface area contributed by atoms with E-state index in [0.29, 0.717) is 13.0 Å². The van der Waals surface area contributed by atoms with E-state index < -0.39 is 0 Å². The van der Waals surface area contributed by atoms with Gasteiger partial charge < -0.3 is 5.73 Å². The van der Waals surface area contributed by atoms with Crippen molar-refractivity contribution in [1.82, 2.24) is 0 Å². The van der Waals surface area contributed by atoms with Crippen molar-refractivity contribution in [3.05, 3.63) is 0 Å². The number of halogens is 1. The maximum absolute atomic E-state index is 10.8. The van der Waals surface area contributed by atoms with E-state index >= 15 is 0 Å². The predicted octanol–water partition coefficient (Wildman–Crippen LogP) is 1.08. The molecule has 0 amide bonds. The Morgan fingerprint density at radius 3 is 2.67 bits per heavy atom. The highest BCUT2D eigenvalue weighted by Crippen LogP contribution is 2.06. The molecule has 0 aromatic carbocycles. The van der Waals surface area contributed by atoms with Crippen molar-refractivity contribution < 1.29 is 4.79 Å². The molecule has 2 N–H and O–H groups in total. The Hall–Kier alpha value is 0.110. The van der Waals surface area contributed by atoms with Crippen LogP contribution in [-0.2, 0) is 4.79 Å². The van der Waals surface area contributed by atoms with Gasteiger partial charge in [-0.3, -0.25) is 4.79 Å². The highest BCUT2D eigenvalue weighted by Gasteiger charge is 2.09. The number of carbonyl (C=O) groups excluding carboxylic acids is 1. The van der Waals surface area contributed by atoms with Crippen LogP contribution in [0.2, 0.25) is 0 Å². The quantitative estimate of drug-likeness (QED) is 0.680. The maximum Gasteiger partial charge on any atom is 0.147 e. The molecule has 0 fully saturated rings. The molecular weight excluding hydrogens is 182 g/mol. The second kappa shape index (κ2) is 4.94. The zero-order valence-corrected chi connectivity index (χ0v) is 7.15. The number of alkyl halides is 1. The highest BCUT2D eigenvalue weighted by atomic mass is 79.9. The van der Waals surface area contributed by atoms with Gasteiger partial charge in [-0.1, -0.05) is 22.9 Å². The van der Waals surface area contributed by atoms with Crippen LogP contribution in [0.4, 0.5) is 0 Å². The molecule has 0 rings (SSSR count). The summed E-state index contributed by atoms with van der Waals surface area (Å²) in [4.78, 5) is 10.9. The number of nitrogens with two attached hydrogens (primary N) is 1. The average molecular weight is 194 g/mol. The molecule has 0 aromatic rings. The lowest BCUT2D eigenvalue weighted by molar-refractivity contribution is -0.118. The Kier molecular flexibility index (Phi) is 5.00. The minimum atomic E-state index is 0.0149. The fourth-order valence-electron chi connectivity index (χ4n) is 0.527. The molecule has 0 aromatic heterocycles. The summed E-state index contributed by atoms with van der Waals surface area (Å²) in [5.41, 5.74) is 5.18. The number of ketones is 1. The van der Waals surface area contributed by atoms with E-state index in [-0.39, 0.29) is 10.6 Å². The predicted molar refractivity (Wildman–Crippen MR) is 41.7 cm³/mol. The highest BCUT2D eigenvalue weighted by molar-refractivity contribution is 9.10. The fourth-order valence-corrected chi connectivity index (χ4v) is 0.755. The van der Waals surface area contributed by atoms with Crippen LogP contribution in [0.5, 0.6) is 0 Å². The van der Waals surface area contributed by atoms with Gasteiger partial charge in [0, 0.05) is 6.42 Å². The summed E-state index contributed by atoms with van der Waals surface area (Å²) < 4.78 is 0. The first kappa shape index (κ1) is 9.11. The SMILES string of the molecule is CCC(Br)C(=O)CCN. The van der Waals surface area contributed by atoms with Gasteiger partial charge in [-0.2, -0.15) is 0 Å². The summed E-state index contributed by atoms with van der Waals surface area (Å²) in [5.74, 6) is 0.208. The first-order valence-corrected chi connectivity index (χ1v) is 4.00. The molecule has 9 heavy (non-hydrogen) atoms. The Bertz CT molecular complexity index is 95.1. The summed E-state index contributed by atoms with van der Waals surface area (Å²) >= 11 is 3.24. The van der Waals surface area contributed by atoms with Crippen molar-refractivity contribution in [2.75, 3.05) is 6.54 Å². The Morgan fingerprint density at radius 1 is 1.78 bits per heavy atom. The molecule has 1 atom stereocenters. The summed E-state index contributed by atoms with van der Waals surface area (Å²) in [5, 5.41) is 0. The third-order valence-corrected chi connectivity index (χ3v) is 2.26. The number of carbonyl (C=O) groups is 1. The molecule has 0 aliphatic rings. The first-order chi connectivity index (χ1) is 4.22. The van der Waals surface area contributed by atoms with Crippen molar-refractivity contribution in [3.8, 4) is 0 Å². The van der Waals surface area contributed by atoms with Crippen molar-refractivity contribution in [2.24, 2.45) is 5.73 Å². The summed E-state index contributed by atoms with van der Waals surface area (Å²) in [7, 11) is 0. The fraction of sp³-hybridized carbons (Fsp3) is 0.833. The topological polar surface area (TPSA) is 43.1 Å². The van der Waals surface area contributed by atoms with E-state index in [9.17, 15) is 4.79 Å². The van der Waals surface area contributed by atoms with E-state index in [1.54, 1.807) is 0 Å². The minimum Gasteiger partial charge on any atom is -0.330 e. The van der Waals surface area contributed by atoms with Gasteiger partial charge in [0.1, 0.15) is 5.78 Å². The van der Waals surface area contributed by atoms with Crippen molar-refractivity contribution in [2.45, 2.75) is 24.6 Å². The number of rotatable bonds is 4. The van der Waals surface area contributed by atoms with Crippen LogP contribution in [0, 0.1) is 0 Å². The average Bonchev–Trinajstić information content (AvgIpc) is 1.87. The van der Waals surface area contributed by atoms with Crippen LogP contribution in [0.25, 0.3) is 0 Å². The van der Waals surface area contributed by atoms with Crippen LogP contribution < -0.4 is 5.73 Å². The molecule has 0 aliphatic carbocycles. The first-order valence-electron chi connectivity index (χ1n) is 3.09. The van der Waals surface area contributed by atoms with Gasteiger partial charge in [0.15, 0.2) is 0 Å². The summed E-state index contributed by atoms with van der Waals surface area (Å²) in [6.45, 7) is 2.43. The van der Waals surface area contributed by atoms with Crippen LogP contribution >= 0.6 is 15.9 Å². The lowest BCUT2D eigenvalue weighted by Crippen LogP contribution is -2.16. The normalized spacial score (nSPS) is 13.2. The van der Waals surface area contributed by atoms with E-state index in [1.165, 1.54) is 0 Å². The second-order valence-corrected chi connectivity index (χ2v) is 2.99. The van der Waals surface area contributed by atoms with Crippen LogP contribution in [0.1, 0.15) is 19.8 Å². The lowest BCUT2D eigenvalue weighted by Gasteiger charge is -2.02. The molecule has 0 aliphatic heterocycles. The molecule has 0 saturated carbocycles. The van der Waals surface area contributed by atoms with Gasteiger partial charge in [0.25, 0.3) is 0 Å². The van der Waals surface area contributed by atoms with Gasteiger partial charge in [0.2, 0.25) is 0 Å². The van der Waals surface area contributed by atoms with Gasteiger partial charge in [-0.15, -0.1) is 0 Å². The third kappa shape index (κ3) is 3.65. The molecule has 54 valence electrons. The van der Waals surface area contributed by atoms with Crippen molar-refractivity contribution >= 4 is 21.7 Å². The number of Topliss-reactive ketones (excluding diaryl/α,β-unsaturated/α-hetero) is 1. The molecule has 2 nitrogen and oxygen atoms in total. The number of hydrogen-bond donors (Lipinski definition) is 1. The molecule has 0 heterocycles. The van der Waals surface area contributed by atoms with E-state index in [4.69, 9.17) is 5.73 Å². The Morgan fingerprint density at radius 2 is 2.33 bits per heavy atom. The zero-order chi connectivity index (χ0) is 7.28. The molecule has 0 radical (unpaired) electrons. The smallest absolute Gasteiger partial charge is 0.147 e. The maximum atomic E-state index is 10.8. The van der Waals surface area contributed by atoms with E-state index in [1.807, 2.05) is 6.92 Å². The molecule has 0 bridgehead atoms. The molecule has 0 spiro atoms. The summed E-state index contributed by atoms with van der Waals surface area (Å²) in [6.07, 6.45) is 1.34. The third-order valence-electron chi connectivity index (χ3n) is 1.10. The molecule has 1 unspecified atom stereocenters. The lowest BCUT2D eigenvalue weighted by atomic mass is 10.2. The Balaban J connectivity index is 3.46. The molecule has 0 saturated heterocycles. The standard InChI is InChI=1S/C6H12BrNO/c1-2-5(7)6(9)3-4-8/h5H,2-4,8H2,1H3. The largest absolute Gasteiger partial charge is 0.330 e. The van der Waals surface area contributed by atoms with Crippen LogP contribution in [-0.4, -0.2) is 17.2 Å². The minimum absolute atomic E-state index is 0.0149. The molecule has 3 heteroatoms. The summed E-state index contributed by atoms with van der Waals surface area (Å²) in [6, 6.07) is 0. The van der Waals surface area contributed by atoms with Crippen LogP contribution in [0.15, 0.2) is 0 Å². The van der Waals surface area contributed by atoms with Crippen molar-refractivity contribution in [1.29, 1.82) is 0 Å². The van der Waals surface area contributed by atoms with Gasteiger partial charge in [-0.25, -0.2) is 0 Å². The Labute approximate surface area is 63.9 Å². The van der Waals surface area contributed by atoms with E-state index in [0.717, 1.165) is 6.42 Å². The van der Waals surface area contributed by atoms with Gasteiger partial charge in [-0.05, 0) is 13.0 Å². The van der Waals surface area contributed by atoms with E-state index in [2.05, 4.69) is 15.9 Å². The van der Waals surface area contributed by atoms with Crippen LogP contribution in [0.3, 0.4) is 0 Å². The van der Waals surface area contributed by atoms with Gasteiger partial charge in [0.05, 0.1) is 4.83 Å². The molecular formula is C6H12BrNO. The number of hydrogen-bond acceptors (Lipinski definition) is 2. The second-order valence-electron chi connectivity index (χ2n) is 1.88. The zero-order valence-electron chi connectivity index (χ0n) is 5.56. The monoisotopic (exact) mass is 193 g/mol. The van der Waals surface area contributed by atoms with Gasteiger partial charge >= 0.3 is 0 Å². The van der Waals surface area contributed by atoms with Crippen molar-refractivity contribution in [3.63, 3.8) is 0 Å².